The van der Waals surface area contributed by atoms with Gasteiger partial charge >= 0.3 is 6.03 Å². The van der Waals surface area contributed by atoms with Gasteiger partial charge < -0.3 is 15.5 Å². The molecule has 0 aromatic rings. The molecule has 2 N–H and O–H groups in total. The molecular formula is C19H31ClN4O3. The molecular weight excluding hydrogens is 368 g/mol. The van der Waals surface area contributed by atoms with Gasteiger partial charge in [0, 0.05) is 19.6 Å². The van der Waals surface area contributed by atoms with Crippen LogP contribution in [0.15, 0.2) is 0 Å². The fraction of sp³-hybridized carbons (Fsp3) is 0.842. The van der Waals surface area contributed by atoms with Crippen molar-refractivity contribution in [3.63, 3.8) is 0 Å². The largest absolute Gasteiger partial charge is 0.341 e. The molecule has 4 rings (SSSR count). The Morgan fingerprint density at radius 1 is 1.15 bits per heavy atom. The van der Waals surface area contributed by atoms with Gasteiger partial charge in [-0.3, -0.25) is 14.5 Å². The van der Waals surface area contributed by atoms with Crippen LogP contribution in [0.3, 0.4) is 0 Å². The molecule has 2 unspecified atom stereocenters. The molecule has 4 amide bonds. The second-order valence-electron chi connectivity index (χ2n) is 8.75. The van der Waals surface area contributed by atoms with Crippen molar-refractivity contribution >= 4 is 30.3 Å². The highest BCUT2D eigenvalue weighted by molar-refractivity contribution is 6.09. The zero-order valence-corrected chi connectivity index (χ0v) is 16.9. The van der Waals surface area contributed by atoms with Crippen LogP contribution >= 0.6 is 12.4 Å². The van der Waals surface area contributed by atoms with Crippen LogP contribution in [0.1, 0.15) is 51.9 Å². The molecule has 3 heterocycles. The number of nitrogens with one attached hydrogen (secondary N) is 2. The van der Waals surface area contributed by atoms with Crippen molar-refractivity contribution < 1.29 is 14.4 Å². The van der Waals surface area contributed by atoms with Crippen LogP contribution in [0.25, 0.3) is 0 Å². The molecule has 0 bridgehead atoms. The second-order valence-corrected chi connectivity index (χ2v) is 8.75. The van der Waals surface area contributed by atoms with Gasteiger partial charge in [0.2, 0.25) is 5.91 Å². The van der Waals surface area contributed by atoms with Gasteiger partial charge in [0.05, 0.1) is 0 Å². The first-order chi connectivity index (χ1) is 12.5. The highest BCUT2D eigenvalue weighted by Gasteiger charge is 2.55. The number of carbonyl (C=O) groups excluding carboxylic acids is 3. The van der Waals surface area contributed by atoms with Crippen molar-refractivity contribution in [2.24, 2.45) is 11.3 Å². The summed E-state index contributed by atoms with van der Waals surface area (Å²) in [4.78, 5) is 41.2. The maximum Gasteiger partial charge on any atom is 0.325 e. The van der Waals surface area contributed by atoms with Crippen molar-refractivity contribution in [3.05, 3.63) is 0 Å². The Balaban J connectivity index is 0.00000210. The lowest BCUT2D eigenvalue weighted by molar-refractivity contribution is -0.141. The van der Waals surface area contributed by atoms with Crippen molar-refractivity contribution in [2.75, 3.05) is 32.7 Å². The molecule has 7 nitrogen and oxygen atoms in total. The maximum absolute atomic E-state index is 13.0. The summed E-state index contributed by atoms with van der Waals surface area (Å²) in [6.07, 6.45) is 6.86. The zero-order chi connectivity index (χ0) is 18.4. The van der Waals surface area contributed by atoms with Gasteiger partial charge in [-0.1, -0.05) is 19.8 Å². The zero-order valence-electron chi connectivity index (χ0n) is 16.1. The van der Waals surface area contributed by atoms with E-state index in [1.54, 1.807) is 0 Å². The van der Waals surface area contributed by atoms with Gasteiger partial charge in [0.25, 0.3) is 5.91 Å². The summed E-state index contributed by atoms with van der Waals surface area (Å²) < 4.78 is 0. The van der Waals surface area contributed by atoms with E-state index in [4.69, 9.17) is 0 Å². The van der Waals surface area contributed by atoms with Crippen molar-refractivity contribution in [2.45, 2.75) is 57.4 Å². The lowest BCUT2D eigenvalue weighted by Gasteiger charge is -2.39. The third-order valence-electron chi connectivity index (χ3n) is 7.30. The van der Waals surface area contributed by atoms with E-state index in [0.29, 0.717) is 11.8 Å². The third-order valence-corrected chi connectivity index (χ3v) is 7.30. The molecule has 2 spiro atoms. The van der Waals surface area contributed by atoms with E-state index in [1.165, 1.54) is 6.42 Å². The van der Waals surface area contributed by atoms with E-state index >= 15 is 0 Å². The van der Waals surface area contributed by atoms with Gasteiger partial charge in [0.15, 0.2) is 0 Å². The van der Waals surface area contributed by atoms with Gasteiger partial charge in [-0.2, -0.15) is 0 Å². The lowest BCUT2D eigenvalue weighted by atomic mass is 9.73. The Labute approximate surface area is 167 Å². The predicted octanol–water partition coefficient (Wildman–Crippen LogP) is 1.51. The molecule has 0 aromatic carbocycles. The van der Waals surface area contributed by atoms with Crippen LogP contribution < -0.4 is 10.6 Å². The SMILES string of the molecule is CC1CCCCC12NC(=O)N(CC(=O)N1CCC3(CCNC3)CC1)C2=O.Cl. The molecule has 3 saturated heterocycles. The van der Waals surface area contributed by atoms with E-state index in [1.807, 2.05) is 11.8 Å². The molecule has 1 saturated carbocycles. The van der Waals surface area contributed by atoms with Gasteiger partial charge in [-0.25, -0.2) is 4.79 Å². The molecule has 4 fully saturated rings. The Kier molecular flexibility index (Phi) is 5.73. The van der Waals surface area contributed by atoms with Crippen LogP contribution in [0, 0.1) is 11.3 Å². The Morgan fingerprint density at radius 3 is 2.52 bits per heavy atom. The summed E-state index contributed by atoms with van der Waals surface area (Å²) in [6.45, 7) is 5.48. The standard InChI is InChI=1S/C19H30N4O3.ClH/c1-14-4-2-3-5-19(14)16(25)23(17(26)21-19)12-15(24)22-10-7-18(8-11-22)6-9-20-13-18;/h14,20H,2-13H2,1H3,(H,21,26);1H. The molecule has 152 valence electrons. The van der Waals surface area contributed by atoms with E-state index in [0.717, 1.165) is 63.2 Å². The van der Waals surface area contributed by atoms with Crippen molar-refractivity contribution in [3.8, 4) is 0 Å². The molecule has 1 aliphatic carbocycles. The highest BCUT2D eigenvalue weighted by Crippen LogP contribution is 2.39. The average Bonchev–Trinajstić information content (AvgIpc) is 3.17. The summed E-state index contributed by atoms with van der Waals surface area (Å²) in [5.74, 6) is -0.177. The van der Waals surface area contributed by atoms with E-state index < -0.39 is 11.6 Å². The van der Waals surface area contributed by atoms with E-state index in [-0.39, 0.29) is 36.7 Å². The predicted molar refractivity (Wildman–Crippen MR) is 104 cm³/mol. The number of rotatable bonds is 2. The number of likely N-dealkylation sites (tertiary alicyclic amines) is 1. The number of hydrogen-bond acceptors (Lipinski definition) is 4. The third kappa shape index (κ3) is 3.44. The fourth-order valence-corrected chi connectivity index (χ4v) is 5.33. The van der Waals surface area contributed by atoms with Gasteiger partial charge in [-0.05, 0) is 50.0 Å². The van der Waals surface area contributed by atoms with Crippen LogP contribution in [0.5, 0.6) is 0 Å². The van der Waals surface area contributed by atoms with Crippen LogP contribution in [0.4, 0.5) is 4.79 Å². The highest BCUT2D eigenvalue weighted by atomic mass is 35.5. The minimum atomic E-state index is -0.781. The van der Waals surface area contributed by atoms with Gasteiger partial charge in [-0.15, -0.1) is 12.4 Å². The smallest absolute Gasteiger partial charge is 0.325 e. The molecule has 3 aliphatic heterocycles. The first-order valence-corrected chi connectivity index (χ1v) is 10.1. The minimum absolute atomic E-state index is 0. The van der Waals surface area contributed by atoms with Crippen LogP contribution in [-0.2, 0) is 9.59 Å². The monoisotopic (exact) mass is 398 g/mol. The summed E-state index contributed by atoms with van der Waals surface area (Å²) in [7, 11) is 0. The van der Waals surface area contributed by atoms with Crippen LogP contribution in [-0.4, -0.2) is 65.9 Å². The molecule has 27 heavy (non-hydrogen) atoms. The Hall–Kier alpha value is -1.34. The molecule has 4 aliphatic rings. The number of carbonyl (C=O) groups is 3. The minimum Gasteiger partial charge on any atom is -0.341 e. The van der Waals surface area contributed by atoms with E-state index in [2.05, 4.69) is 10.6 Å². The second kappa shape index (κ2) is 7.59. The lowest BCUT2D eigenvalue weighted by Crippen LogP contribution is -2.54. The summed E-state index contributed by atoms with van der Waals surface area (Å²) >= 11 is 0. The Bertz CT molecular complexity index is 612. The number of halogens is 1. The number of amides is 4. The molecule has 0 radical (unpaired) electrons. The number of nitrogens with zero attached hydrogens (tertiary/aromatic N) is 2. The first kappa shape index (κ1) is 20.4. The fourth-order valence-electron chi connectivity index (χ4n) is 5.33. The van der Waals surface area contributed by atoms with E-state index in [9.17, 15) is 14.4 Å². The maximum atomic E-state index is 13.0. The number of hydrogen-bond donors (Lipinski definition) is 2. The first-order valence-electron chi connectivity index (χ1n) is 10.1. The normalized spacial score (nSPS) is 32.7. The number of piperidine rings is 1. The summed E-state index contributed by atoms with van der Waals surface area (Å²) in [6, 6.07) is -0.398. The molecule has 0 aromatic heterocycles. The topological polar surface area (TPSA) is 81.8 Å². The quantitative estimate of drug-likeness (QED) is 0.691. The number of urea groups is 1. The number of imide groups is 1. The average molecular weight is 399 g/mol. The Morgan fingerprint density at radius 2 is 1.89 bits per heavy atom. The molecule has 2 atom stereocenters. The van der Waals surface area contributed by atoms with Crippen molar-refractivity contribution in [1.29, 1.82) is 0 Å². The molecule has 8 heteroatoms. The van der Waals surface area contributed by atoms with Crippen molar-refractivity contribution in [1.82, 2.24) is 20.4 Å². The van der Waals surface area contributed by atoms with Crippen LogP contribution in [0.2, 0.25) is 0 Å². The summed E-state index contributed by atoms with van der Waals surface area (Å²) in [5.41, 5.74) is -0.434. The summed E-state index contributed by atoms with van der Waals surface area (Å²) in [5, 5.41) is 6.35. The van der Waals surface area contributed by atoms with Gasteiger partial charge in [0.1, 0.15) is 12.1 Å².